The molecule has 2 aromatic rings. The van der Waals surface area contributed by atoms with Crippen LogP contribution in [0.15, 0.2) is 42.6 Å². The lowest BCUT2D eigenvalue weighted by molar-refractivity contribution is 0.100. The van der Waals surface area contributed by atoms with Gasteiger partial charge < -0.3 is 11.1 Å². The molecule has 1 heterocycles. The minimum absolute atomic E-state index is 0.315. The van der Waals surface area contributed by atoms with E-state index in [1.54, 1.807) is 6.07 Å². The third kappa shape index (κ3) is 2.99. The lowest BCUT2D eigenvalue weighted by Gasteiger charge is -2.10. The summed E-state index contributed by atoms with van der Waals surface area (Å²) < 4.78 is 0. The van der Waals surface area contributed by atoms with Gasteiger partial charge in [0.25, 0.3) is 5.91 Å². The number of benzene rings is 1. The highest BCUT2D eigenvalue weighted by molar-refractivity contribution is 6.29. The van der Waals surface area contributed by atoms with Crippen LogP contribution in [0.25, 0.3) is 0 Å². The highest BCUT2D eigenvalue weighted by atomic mass is 35.5. The van der Waals surface area contributed by atoms with E-state index in [1.807, 2.05) is 30.3 Å². The topological polar surface area (TPSA) is 68.0 Å². The fourth-order valence-electron chi connectivity index (χ4n) is 1.57. The Morgan fingerprint density at radius 2 is 2.06 bits per heavy atom. The van der Waals surface area contributed by atoms with Gasteiger partial charge in [-0.05, 0) is 11.6 Å². The smallest absolute Gasteiger partial charge is 0.252 e. The number of nitrogens with one attached hydrogen (secondary N) is 1. The van der Waals surface area contributed by atoms with Crippen LogP contribution in [0.3, 0.4) is 0 Å². The third-order valence-electron chi connectivity index (χ3n) is 2.46. The van der Waals surface area contributed by atoms with Gasteiger partial charge in [0.2, 0.25) is 0 Å². The highest BCUT2D eigenvalue weighted by Crippen LogP contribution is 2.19. The molecule has 0 aliphatic rings. The number of nitrogens with two attached hydrogens (primary N) is 1. The molecule has 2 rings (SSSR count). The van der Waals surface area contributed by atoms with Crippen LogP contribution in [-0.4, -0.2) is 10.9 Å². The molecule has 0 bridgehead atoms. The number of halogens is 1. The predicted octanol–water partition coefficient (Wildman–Crippen LogP) is 2.45. The van der Waals surface area contributed by atoms with Crippen molar-refractivity contribution in [1.82, 2.24) is 4.98 Å². The second-order valence-electron chi connectivity index (χ2n) is 3.76. The monoisotopic (exact) mass is 261 g/mol. The standard InChI is InChI=1S/C13H12ClN3O/c14-12-6-11(10(8-17-12)13(15)18)16-7-9-4-2-1-3-5-9/h1-6,8H,7H2,(H2,15,18)(H,16,17). The summed E-state index contributed by atoms with van der Waals surface area (Å²) in [5.41, 5.74) is 7.29. The first-order chi connectivity index (χ1) is 8.66. The van der Waals surface area contributed by atoms with Crippen LogP contribution in [0.5, 0.6) is 0 Å². The average Bonchev–Trinajstić information content (AvgIpc) is 2.37. The van der Waals surface area contributed by atoms with E-state index in [2.05, 4.69) is 10.3 Å². The Morgan fingerprint density at radius 3 is 2.72 bits per heavy atom. The van der Waals surface area contributed by atoms with E-state index in [0.717, 1.165) is 5.56 Å². The second-order valence-corrected chi connectivity index (χ2v) is 4.14. The normalized spacial score (nSPS) is 10.1. The van der Waals surface area contributed by atoms with Gasteiger partial charge in [0, 0.05) is 12.7 Å². The number of anilines is 1. The van der Waals surface area contributed by atoms with Gasteiger partial charge in [-0.2, -0.15) is 0 Å². The molecule has 1 aromatic carbocycles. The number of amides is 1. The first kappa shape index (κ1) is 12.4. The summed E-state index contributed by atoms with van der Waals surface area (Å²) in [5, 5.41) is 3.44. The predicted molar refractivity (Wildman–Crippen MR) is 71.5 cm³/mol. The molecule has 0 saturated carbocycles. The molecule has 0 aliphatic carbocycles. The van der Waals surface area contributed by atoms with Crippen molar-refractivity contribution in [2.75, 3.05) is 5.32 Å². The quantitative estimate of drug-likeness (QED) is 0.831. The zero-order valence-electron chi connectivity index (χ0n) is 9.56. The number of aromatic nitrogens is 1. The molecule has 0 saturated heterocycles. The lowest BCUT2D eigenvalue weighted by Crippen LogP contribution is -2.15. The van der Waals surface area contributed by atoms with Gasteiger partial charge in [0.05, 0.1) is 11.3 Å². The lowest BCUT2D eigenvalue weighted by atomic mass is 10.2. The van der Waals surface area contributed by atoms with E-state index in [4.69, 9.17) is 17.3 Å². The van der Waals surface area contributed by atoms with Crippen LogP contribution in [0.2, 0.25) is 5.15 Å². The van der Waals surface area contributed by atoms with Gasteiger partial charge in [0.1, 0.15) is 5.15 Å². The fraction of sp³-hybridized carbons (Fsp3) is 0.0769. The molecule has 0 radical (unpaired) electrons. The van der Waals surface area contributed by atoms with Crippen LogP contribution < -0.4 is 11.1 Å². The maximum absolute atomic E-state index is 11.2. The SMILES string of the molecule is NC(=O)c1cnc(Cl)cc1NCc1ccccc1. The molecular formula is C13H12ClN3O. The van der Waals surface area contributed by atoms with Crippen molar-refractivity contribution >= 4 is 23.2 Å². The molecule has 4 nitrogen and oxygen atoms in total. The zero-order valence-corrected chi connectivity index (χ0v) is 10.3. The minimum atomic E-state index is -0.533. The first-order valence-corrected chi connectivity index (χ1v) is 5.78. The largest absolute Gasteiger partial charge is 0.380 e. The summed E-state index contributed by atoms with van der Waals surface area (Å²) in [5.74, 6) is -0.533. The molecule has 5 heteroatoms. The van der Waals surface area contributed by atoms with Gasteiger partial charge in [-0.25, -0.2) is 4.98 Å². The number of hydrogen-bond acceptors (Lipinski definition) is 3. The first-order valence-electron chi connectivity index (χ1n) is 5.40. The summed E-state index contributed by atoms with van der Waals surface area (Å²) in [6, 6.07) is 11.4. The molecule has 0 unspecified atom stereocenters. The average molecular weight is 262 g/mol. The molecule has 1 amide bonds. The van der Waals surface area contributed by atoms with Gasteiger partial charge >= 0.3 is 0 Å². The molecule has 92 valence electrons. The third-order valence-corrected chi connectivity index (χ3v) is 2.67. The van der Waals surface area contributed by atoms with E-state index in [-0.39, 0.29) is 0 Å². The van der Waals surface area contributed by atoms with Crippen molar-refractivity contribution in [2.45, 2.75) is 6.54 Å². The van der Waals surface area contributed by atoms with Crippen molar-refractivity contribution < 1.29 is 4.79 Å². The Kier molecular flexibility index (Phi) is 3.79. The summed E-state index contributed by atoms with van der Waals surface area (Å²) in [6.45, 7) is 0.585. The Bertz CT molecular complexity index is 557. The van der Waals surface area contributed by atoms with Crippen molar-refractivity contribution in [3.05, 3.63) is 58.9 Å². The zero-order chi connectivity index (χ0) is 13.0. The van der Waals surface area contributed by atoms with Crippen molar-refractivity contribution in [1.29, 1.82) is 0 Å². The Balaban J connectivity index is 2.18. The maximum Gasteiger partial charge on any atom is 0.252 e. The summed E-state index contributed by atoms with van der Waals surface area (Å²) in [4.78, 5) is 15.1. The Hall–Kier alpha value is -2.07. The number of rotatable bonds is 4. The van der Waals surface area contributed by atoms with Crippen LogP contribution in [0.1, 0.15) is 15.9 Å². The van der Waals surface area contributed by atoms with E-state index >= 15 is 0 Å². The number of pyridine rings is 1. The van der Waals surface area contributed by atoms with Gasteiger partial charge in [-0.1, -0.05) is 41.9 Å². The van der Waals surface area contributed by atoms with Crippen molar-refractivity contribution in [3.63, 3.8) is 0 Å². The van der Waals surface area contributed by atoms with E-state index in [9.17, 15) is 4.79 Å². The molecule has 0 fully saturated rings. The van der Waals surface area contributed by atoms with Crippen LogP contribution >= 0.6 is 11.6 Å². The molecule has 0 atom stereocenters. The number of primary amides is 1. The van der Waals surface area contributed by atoms with Gasteiger partial charge in [-0.15, -0.1) is 0 Å². The molecule has 0 aliphatic heterocycles. The summed E-state index contributed by atoms with van der Waals surface area (Å²) in [7, 11) is 0. The van der Waals surface area contributed by atoms with E-state index < -0.39 is 5.91 Å². The van der Waals surface area contributed by atoms with Crippen LogP contribution in [0, 0.1) is 0 Å². The highest BCUT2D eigenvalue weighted by Gasteiger charge is 2.09. The number of nitrogens with zero attached hydrogens (tertiary/aromatic N) is 1. The van der Waals surface area contributed by atoms with Gasteiger partial charge in [0.15, 0.2) is 0 Å². The van der Waals surface area contributed by atoms with Crippen LogP contribution in [-0.2, 0) is 6.54 Å². The maximum atomic E-state index is 11.2. The molecule has 3 N–H and O–H groups in total. The molecule has 18 heavy (non-hydrogen) atoms. The minimum Gasteiger partial charge on any atom is -0.380 e. The van der Waals surface area contributed by atoms with Gasteiger partial charge in [-0.3, -0.25) is 4.79 Å². The van der Waals surface area contributed by atoms with E-state index in [0.29, 0.717) is 22.9 Å². The molecule has 0 spiro atoms. The fourth-order valence-corrected chi connectivity index (χ4v) is 1.72. The Morgan fingerprint density at radius 1 is 1.33 bits per heavy atom. The molecular weight excluding hydrogens is 250 g/mol. The summed E-state index contributed by atoms with van der Waals surface area (Å²) in [6.07, 6.45) is 1.37. The Labute approximate surface area is 110 Å². The number of carbonyl (C=O) groups excluding carboxylic acids is 1. The number of hydrogen-bond donors (Lipinski definition) is 2. The van der Waals surface area contributed by atoms with E-state index in [1.165, 1.54) is 6.20 Å². The second kappa shape index (κ2) is 5.51. The van der Waals surface area contributed by atoms with Crippen molar-refractivity contribution in [2.24, 2.45) is 5.73 Å². The summed E-state index contributed by atoms with van der Waals surface area (Å²) >= 11 is 5.80. The molecule has 1 aromatic heterocycles. The van der Waals surface area contributed by atoms with Crippen LogP contribution in [0.4, 0.5) is 5.69 Å². The number of carbonyl (C=O) groups is 1. The van der Waals surface area contributed by atoms with Crippen molar-refractivity contribution in [3.8, 4) is 0 Å².